The molecule has 20 heavy (non-hydrogen) atoms. The molecule has 0 aromatic heterocycles. The lowest BCUT2D eigenvalue weighted by Crippen LogP contribution is -2.15. The molecule has 0 radical (unpaired) electrons. The zero-order chi connectivity index (χ0) is 15.3. The summed E-state index contributed by atoms with van der Waals surface area (Å²) in [5.41, 5.74) is -0.0556. The molecule has 1 rings (SSSR count). The highest BCUT2D eigenvalue weighted by Gasteiger charge is 2.20. The Morgan fingerprint density at radius 1 is 1.30 bits per heavy atom. The lowest BCUT2D eigenvalue weighted by Gasteiger charge is -2.08. The van der Waals surface area contributed by atoms with E-state index >= 15 is 0 Å². The van der Waals surface area contributed by atoms with Gasteiger partial charge in [0.25, 0.3) is 0 Å². The number of ether oxygens (including phenoxy) is 2. The van der Waals surface area contributed by atoms with E-state index in [1.54, 1.807) is 6.92 Å². The Labute approximate surface area is 126 Å². The summed E-state index contributed by atoms with van der Waals surface area (Å²) in [6.07, 6.45) is 0. The molecule has 1 aromatic rings. The summed E-state index contributed by atoms with van der Waals surface area (Å²) >= 11 is 11.5. The second kappa shape index (κ2) is 7.24. The molecule has 0 bridgehead atoms. The Bertz CT molecular complexity index is 603. The standard InChI is InChI=1S/C11H13Cl2NO5S/c1-2-18-3-4-19-11(15)7-5-8(12)10(13)9(6-7)20(14,16)17/h5-6H,2-4H2,1H3,(H2,14,16,17). The van der Waals surface area contributed by atoms with E-state index in [9.17, 15) is 13.2 Å². The van der Waals surface area contributed by atoms with Crippen LogP contribution < -0.4 is 5.14 Å². The van der Waals surface area contributed by atoms with Crippen molar-refractivity contribution in [3.63, 3.8) is 0 Å². The maximum absolute atomic E-state index is 11.7. The Hall–Kier alpha value is -0.860. The molecule has 0 fully saturated rings. The van der Waals surface area contributed by atoms with Crippen LogP contribution in [-0.2, 0) is 19.5 Å². The van der Waals surface area contributed by atoms with Crippen molar-refractivity contribution in [1.82, 2.24) is 0 Å². The van der Waals surface area contributed by atoms with Crippen LogP contribution >= 0.6 is 23.2 Å². The monoisotopic (exact) mass is 341 g/mol. The summed E-state index contributed by atoms with van der Waals surface area (Å²) in [5, 5.41) is 4.65. The van der Waals surface area contributed by atoms with Crippen LogP contribution in [-0.4, -0.2) is 34.2 Å². The van der Waals surface area contributed by atoms with Crippen molar-refractivity contribution in [1.29, 1.82) is 0 Å². The number of esters is 1. The van der Waals surface area contributed by atoms with Crippen LogP contribution in [0.4, 0.5) is 0 Å². The number of sulfonamides is 1. The number of hydrogen-bond acceptors (Lipinski definition) is 5. The van der Waals surface area contributed by atoms with Crippen LogP contribution in [0.5, 0.6) is 0 Å². The lowest BCUT2D eigenvalue weighted by atomic mass is 10.2. The average Bonchev–Trinajstić information content (AvgIpc) is 2.36. The molecular formula is C11H13Cl2NO5S. The van der Waals surface area contributed by atoms with Gasteiger partial charge in [0.05, 0.1) is 22.2 Å². The second-order valence-electron chi connectivity index (χ2n) is 3.65. The molecule has 0 saturated carbocycles. The molecule has 0 aliphatic carbocycles. The number of halogens is 2. The Kier molecular flexibility index (Phi) is 6.22. The Morgan fingerprint density at radius 2 is 1.95 bits per heavy atom. The number of carbonyl (C=O) groups excluding carboxylic acids is 1. The summed E-state index contributed by atoms with van der Waals surface area (Å²) in [6.45, 7) is 2.59. The van der Waals surface area contributed by atoms with Crippen molar-refractivity contribution in [3.8, 4) is 0 Å². The second-order valence-corrected chi connectivity index (χ2v) is 5.96. The number of hydrogen-bond donors (Lipinski definition) is 1. The average molecular weight is 342 g/mol. The minimum atomic E-state index is -4.09. The van der Waals surface area contributed by atoms with Gasteiger partial charge in [-0.05, 0) is 19.1 Å². The van der Waals surface area contributed by atoms with Crippen molar-refractivity contribution in [2.45, 2.75) is 11.8 Å². The van der Waals surface area contributed by atoms with Gasteiger partial charge >= 0.3 is 5.97 Å². The molecule has 0 atom stereocenters. The van der Waals surface area contributed by atoms with Gasteiger partial charge in [0.2, 0.25) is 10.0 Å². The number of rotatable bonds is 6. The normalized spacial score (nSPS) is 11.4. The minimum Gasteiger partial charge on any atom is -0.460 e. The molecule has 0 spiro atoms. The van der Waals surface area contributed by atoms with Crippen LogP contribution in [0.15, 0.2) is 17.0 Å². The SMILES string of the molecule is CCOCCOC(=O)c1cc(Cl)c(Cl)c(S(N)(=O)=O)c1. The first-order valence-electron chi connectivity index (χ1n) is 5.54. The zero-order valence-corrected chi connectivity index (χ0v) is 12.9. The summed E-state index contributed by atoms with van der Waals surface area (Å²) in [4.78, 5) is 11.3. The van der Waals surface area contributed by atoms with Crippen LogP contribution in [0.3, 0.4) is 0 Å². The molecule has 0 unspecified atom stereocenters. The van der Waals surface area contributed by atoms with Crippen molar-refractivity contribution < 1.29 is 22.7 Å². The number of nitrogens with two attached hydrogens (primary N) is 1. The summed E-state index contributed by atoms with van der Waals surface area (Å²) in [7, 11) is -4.09. The van der Waals surface area contributed by atoms with E-state index in [0.29, 0.717) is 6.61 Å². The molecule has 9 heteroatoms. The van der Waals surface area contributed by atoms with E-state index in [1.165, 1.54) is 6.07 Å². The van der Waals surface area contributed by atoms with Gasteiger partial charge in [0.1, 0.15) is 11.5 Å². The molecule has 0 aliphatic heterocycles. The van der Waals surface area contributed by atoms with Crippen molar-refractivity contribution in [3.05, 3.63) is 27.7 Å². The van der Waals surface area contributed by atoms with Gasteiger partial charge in [-0.1, -0.05) is 23.2 Å². The van der Waals surface area contributed by atoms with Gasteiger partial charge in [0.15, 0.2) is 0 Å². The van der Waals surface area contributed by atoms with E-state index < -0.39 is 20.9 Å². The summed E-state index contributed by atoms with van der Waals surface area (Å²) in [5.74, 6) is -0.742. The minimum absolute atomic E-state index is 0.0393. The molecular weight excluding hydrogens is 329 g/mol. The first kappa shape index (κ1) is 17.2. The van der Waals surface area contributed by atoms with E-state index in [1.807, 2.05) is 0 Å². The van der Waals surface area contributed by atoms with Crippen LogP contribution in [0.1, 0.15) is 17.3 Å². The Morgan fingerprint density at radius 3 is 2.50 bits per heavy atom. The summed E-state index contributed by atoms with van der Waals surface area (Å²) < 4.78 is 32.6. The van der Waals surface area contributed by atoms with Gasteiger partial charge in [-0.3, -0.25) is 0 Å². The topological polar surface area (TPSA) is 95.7 Å². The molecule has 6 nitrogen and oxygen atoms in total. The van der Waals surface area contributed by atoms with E-state index in [2.05, 4.69) is 0 Å². The van der Waals surface area contributed by atoms with Crippen LogP contribution in [0.25, 0.3) is 0 Å². The van der Waals surface area contributed by atoms with E-state index in [4.69, 9.17) is 37.8 Å². The number of primary sulfonamides is 1. The third-order valence-electron chi connectivity index (χ3n) is 2.20. The van der Waals surface area contributed by atoms with Gasteiger partial charge < -0.3 is 9.47 Å². The summed E-state index contributed by atoms with van der Waals surface area (Å²) in [6, 6.07) is 2.23. The number of benzene rings is 1. The van der Waals surface area contributed by atoms with Crippen LogP contribution in [0, 0.1) is 0 Å². The fourth-order valence-electron chi connectivity index (χ4n) is 1.31. The molecule has 0 saturated heterocycles. The van der Waals surface area contributed by atoms with E-state index in [0.717, 1.165) is 6.07 Å². The predicted octanol–water partition coefficient (Wildman–Crippen LogP) is 1.83. The number of carbonyl (C=O) groups is 1. The third kappa shape index (κ3) is 4.60. The maximum atomic E-state index is 11.7. The quantitative estimate of drug-likeness (QED) is 0.629. The molecule has 2 N–H and O–H groups in total. The molecule has 0 aliphatic rings. The molecule has 0 heterocycles. The van der Waals surface area contributed by atoms with Gasteiger partial charge in [0, 0.05) is 6.61 Å². The van der Waals surface area contributed by atoms with Gasteiger partial charge in [-0.2, -0.15) is 0 Å². The molecule has 1 aromatic carbocycles. The van der Waals surface area contributed by atoms with Crippen molar-refractivity contribution in [2.24, 2.45) is 5.14 Å². The predicted molar refractivity (Wildman–Crippen MR) is 74.6 cm³/mol. The highest BCUT2D eigenvalue weighted by atomic mass is 35.5. The highest BCUT2D eigenvalue weighted by molar-refractivity contribution is 7.89. The molecule has 112 valence electrons. The first-order chi connectivity index (χ1) is 9.27. The maximum Gasteiger partial charge on any atom is 0.338 e. The fraction of sp³-hybridized carbons (Fsp3) is 0.364. The Balaban J connectivity index is 2.97. The van der Waals surface area contributed by atoms with Gasteiger partial charge in [-0.15, -0.1) is 0 Å². The lowest BCUT2D eigenvalue weighted by molar-refractivity contribution is 0.0335. The zero-order valence-electron chi connectivity index (χ0n) is 10.6. The van der Waals surface area contributed by atoms with Crippen LogP contribution in [0.2, 0.25) is 10.0 Å². The van der Waals surface area contributed by atoms with Crippen molar-refractivity contribution in [2.75, 3.05) is 19.8 Å². The van der Waals surface area contributed by atoms with Crippen molar-refractivity contribution >= 4 is 39.2 Å². The fourth-order valence-corrected chi connectivity index (χ4v) is 2.67. The third-order valence-corrected chi connectivity index (χ3v) is 4.05. The van der Waals surface area contributed by atoms with Gasteiger partial charge in [-0.25, -0.2) is 18.4 Å². The molecule has 0 amide bonds. The highest BCUT2D eigenvalue weighted by Crippen LogP contribution is 2.30. The first-order valence-corrected chi connectivity index (χ1v) is 7.84. The smallest absolute Gasteiger partial charge is 0.338 e. The largest absolute Gasteiger partial charge is 0.460 e. The van der Waals surface area contributed by atoms with E-state index in [-0.39, 0.29) is 28.8 Å².